The van der Waals surface area contributed by atoms with Crippen molar-refractivity contribution in [1.29, 1.82) is 0 Å². The number of rotatable bonds is 5. The van der Waals surface area contributed by atoms with Crippen LogP contribution in [0, 0.1) is 17.0 Å². The molecule has 1 aromatic carbocycles. The van der Waals surface area contributed by atoms with Crippen molar-refractivity contribution in [2.24, 2.45) is 5.10 Å². The van der Waals surface area contributed by atoms with E-state index in [2.05, 4.69) is 5.10 Å². The van der Waals surface area contributed by atoms with Gasteiger partial charge in [0.25, 0.3) is 5.69 Å². The molecule has 1 unspecified atom stereocenters. The molecule has 0 radical (unpaired) electrons. The normalized spacial score (nSPS) is 14.4. The highest BCUT2D eigenvalue weighted by molar-refractivity contribution is 5.87. The highest BCUT2D eigenvalue weighted by Crippen LogP contribution is 2.28. The summed E-state index contributed by atoms with van der Waals surface area (Å²) in [6, 6.07) is 1.23. The van der Waals surface area contributed by atoms with Crippen LogP contribution in [0.15, 0.2) is 23.3 Å². The highest BCUT2D eigenvalue weighted by Gasteiger charge is 2.41. The summed E-state index contributed by atoms with van der Waals surface area (Å²) in [6.07, 6.45) is -9.67. The minimum Gasteiger partial charge on any atom is -0.280 e. The minimum absolute atomic E-state index is 0.165. The van der Waals surface area contributed by atoms with E-state index in [1.807, 2.05) is 0 Å². The molecule has 0 aromatic heterocycles. The Hall–Kier alpha value is -2.33. The van der Waals surface area contributed by atoms with Gasteiger partial charge in [-0.25, -0.2) is 0 Å². The number of nitro groups is 1. The van der Waals surface area contributed by atoms with Crippen molar-refractivity contribution in [3.63, 3.8) is 0 Å². The van der Waals surface area contributed by atoms with Crippen LogP contribution in [0.5, 0.6) is 0 Å². The van der Waals surface area contributed by atoms with E-state index in [1.165, 1.54) is 19.1 Å². The molecule has 0 spiro atoms. The minimum atomic E-state index is -4.87. The zero-order valence-corrected chi connectivity index (χ0v) is 13.4. The lowest BCUT2D eigenvalue weighted by Crippen LogP contribution is -2.41. The lowest BCUT2D eigenvalue weighted by Gasteiger charge is -2.29. The van der Waals surface area contributed by atoms with Crippen LogP contribution in [0.2, 0.25) is 0 Å². The van der Waals surface area contributed by atoms with E-state index in [1.54, 1.807) is 0 Å². The van der Waals surface area contributed by atoms with Gasteiger partial charge in [-0.3, -0.25) is 15.1 Å². The Morgan fingerprint density at radius 1 is 1.28 bits per heavy atom. The second-order valence-electron chi connectivity index (χ2n) is 5.38. The molecule has 5 nitrogen and oxygen atoms in total. The number of alkyl halides is 6. The molecule has 25 heavy (non-hydrogen) atoms. The second-order valence-corrected chi connectivity index (χ2v) is 5.38. The summed E-state index contributed by atoms with van der Waals surface area (Å²) in [5, 5.41) is 14.1. The Morgan fingerprint density at radius 3 is 2.24 bits per heavy atom. The molecule has 0 aliphatic heterocycles. The summed E-state index contributed by atoms with van der Waals surface area (Å²) in [7, 11) is 0. The lowest BCUT2D eigenvalue weighted by molar-refractivity contribution is -0.385. The summed E-state index contributed by atoms with van der Waals surface area (Å²) in [5.74, 6) is 0. The van der Waals surface area contributed by atoms with E-state index in [4.69, 9.17) is 0 Å². The maximum atomic E-state index is 12.9. The van der Waals surface area contributed by atoms with Crippen LogP contribution >= 0.6 is 0 Å². The largest absolute Gasteiger partial charge is 0.430 e. The number of aryl methyl sites for hydroxylation is 1. The van der Waals surface area contributed by atoms with Gasteiger partial charge in [0.15, 0.2) is 0 Å². The van der Waals surface area contributed by atoms with Crippen LogP contribution in [0.3, 0.4) is 0 Å². The van der Waals surface area contributed by atoms with Crippen LogP contribution in [-0.2, 0) is 6.54 Å². The summed E-state index contributed by atoms with van der Waals surface area (Å²) in [5.41, 5.74) is -1.33. The first kappa shape index (κ1) is 20.7. The Kier molecular flexibility index (Phi) is 6.03. The predicted octanol–water partition coefficient (Wildman–Crippen LogP) is 4.59. The van der Waals surface area contributed by atoms with Crippen LogP contribution < -0.4 is 0 Å². The molecule has 0 fully saturated rings. The second kappa shape index (κ2) is 7.28. The standard InChI is InChI=1S/C14H15F6N3O2/c1-8-6-11(4-5-12(8)23(24)25)7-22(10(3)14(18,19)20)21-9(2)13(15,16)17/h4-6,10H,7H2,1-3H3/b21-9+. The zero-order valence-electron chi connectivity index (χ0n) is 13.4. The van der Waals surface area contributed by atoms with Crippen LogP contribution in [-0.4, -0.2) is 34.0 Å². The molecule has 0 saturated carbocycles. The Balaban J connectivity index is 3.22. The van der Waals surface area contributed by atoms with E-state index in [0.717, 1.165) is 6.07 Å². The van der Waals surface area contributed by atoms with Gasteiger partial charge >= 0.3 is 12.4 Å². The number of hydrogen-bond donors (Lipinski definition) is 0. The van der Waals surface area contributed by atoms with E-state index >= 15 is 0 Å². The third-order valence-electron chi connectivity index (χ3n) is 3.41. The van der Waals surface area contributed by atoms with E-state index in [9.17, 15) is 36.5 Å². The molecule has 1 rings (SSSR count). The number of nitrogens with zero attached hydrogens (tertiary/aromatic N) is 3. The first-order valence-electron chi connectivity index (χ1n) is 6.93. The summed E-state index contributed by atoms with van der Waals surface area (Å²) in [6.45, 7) is 2.04. The van der Waals surface area contributed by atoms with Crippen LogP contribution in [0.25, 0.3) is 0 Å². The van der Waals surface area contributed by atoms with Gasteiger partial charge in [-0.15, -0.1) is 0 Å². The Morgan fingerprint density at radius 2 is 1.84 bits per heavy atom. The summed E-state index contributed by atoms with van der Waals surface area (Å²) in [4.78, 5) is 10.1. The van der Waals surface area contributed by atoms with Gasteiger partial charge in [0.1, 0.15) is 11.8 Å². The highest BCUT2D eigenvalue weighted by atomic mass is 19.4. The Labute approximate surface area is 139 Å². The zero-order chi connectivity index (χ0) is 19.6. The van der Waals surface area contributed by atoms with Gasteiger partial charge in [0, 0.05) is 11.6 Å². The first-order chi connectivity index (χ1) is 11.2. The van der Waals surface area contributed by atoms with Gasteiger partial charge < -0.3 is 0 Å². The molecule has 140 valence electrons. The van der Waals surface area contributed by atoms with Gasteiger partial charge in [-0.05, 0) is 32.4 Å². The predicted molar refractivity (Wildman–Crippen MR) is 78.1 cm³/mol. The molecule has 0 amide bonds. The molecule has 0 saturated heterocycles. The molecule has 1 aromatic rings. The van der Waals surface area contributed by atoms with Crippen molar-refractivity contribution in [2.75, 3.05) is 0 Å². The molecule has 11 heteroatoms. The third kappa shape index (κ3) is 5.61. The first-order valence-corrected chi connectivity index (χ1v) is 6.93. The van der Waals surface area contributed by atoms with Crippen molar-refractivity contribution in [3.05, 3.63) is 39.4 Å². The number of hydrogen-bond acceptors (Lipinski definition) is 4. The van der Waals surface area contributed by atoms with Crippen molar-refractivity contribution in [2.45, 2.75) is 45.7 Å². The van der Waals surface area contributed by atoms with E-state index < -0.39 is 35.6 Å². The molecule has 0 aliphatic rings. The van der Waals surface area contributed by atoms with Crippen molar-refractivity contribution in [1.82, 2.24) is 5.01 Å². The number of nitro benzene ring substituents is 1. The number of benzene rings is 1. The van der Waals surface area contributed by atoms with Gasteiger partial charge in [-0.2, -0.15) is 31.4 Å². The molecule has 0 N–H and O–H groups in total. The van der Waals surface area contributed by atoms with Gasteiger partial charge in [0.2, 0.25) is 0 Å². The van der Waals surface area contributed by atoms with Gasteiger partial charge in [0.05, 0.1) is 11.5 Å². The Bertz CT molecular complexity index is 670. The molecule has 0 heterocycles. The SMILES string of the molecule is C/C(=N\N(Cc1ccc([N+](=O)[O-])c(C)c1)C(C)C(F)(F)F)C(F)(F)F. The monoisotopic (exact) mass is 371 g/mol. The molecular formula is C14H15F6N3O2. The fourth-order valence-corrected chi connectivity index (χ4v) is 1.89. The van der Waals surface area contributed by atoms with Crippen molar-refractivity contribution in [3.8, 4) is 0 Å². The number of halogens is 6. The van der Waals surface area contributed by atoms with E-state index in [-0.39, 0.29) is 21.8 Å². The van der Waals surface area contributed by atoms with E-state index in [0.29, 0.717) is 13.8 Å². The average molecular weight is 371 g/mol. The van der Waals surface area contributed by atoms with Crippen molar-refractivity contribution < 1.29 is 31.3 Å². The molecule has 1 atom stereocenters. The fraction of sp³-hybridized carbons (Fsp3) is 0.500. The van der Waals surface area contributed by atoms with Crippen LogP contribution in [0.1, 0.15) is 25.0 Å². The van der Waals surface area contributed by atoms with Gasteiger partial charge in [-0.1, -0.05) is 6.07 Å². The summed E-state index contributed by atoms with van der Waals surface area (Å²) >= 11 is 0. The van der Waals surface area contributed by atoms with Crippen LogP contribution in [0.4, 0.5) is 32.0 Å². The number of hydrazone groups is 1. The molecule has 0 bridgehead atoms. The molecular weight excluding hydrogens is 356 g/mol. The average Bonchev–Trinajstić information content (AvgIpc) is 2.43. The maximum Gasteiger partial charge on any atom is 0.430 e. The van der Waals surface area contributed by atoms with Crippen molar-refractivity contribution >= 4 is 11.4 Å². The maximum absolute atomic E-state index is 12.9. The fourth-order valence-electron chi connectivity index (χ4n) is 1.89. The molecule has 0 aliphatic carbocycles. The quantitative estimate of drug-likeness (QED) is 0.329. The topological polar surface area (TPSA) is 58.7 Å². The smallest absolute Gasteiger partial charge is 0.280 e. The third-order valence-corrected chi connectivity index (χ3v) is 3.41. The summed E-state index contributed by atoms with van der Waals surface area (Å²) < 4.78 is 76.6. The lowest BCUT2D eigenvalue weighted by atomic mass is 10.1.